The Bertz CT molecular complexity index is 899. The molecule has 0 aliphatic heterocycles. The summed E-state index contributed by atoms with van der Waals surface area (Å²) in [6.07, 6.45) is 0. The largest absolute Gasteiger partial charge is 0.465 e. The first kappa shape index (κ1) is 16.1. The van der Waals surface area contributed by atoms with Crippen LogP contribution in [-0.4, -0.2) is 30.6 Å². The molecule has 0 aliphatic carbocycles. The molecule has 2 aromatic carbocycles. The summed E-state index contributed by atoms with van der Waals surface area (Å²) in [5, 5.41) is 0.822. The van der Waals surface area contributed by atoms with Crippen LogP contribution in [0.25, 0.3) is 20.8 Å². The zero-order valence-corrected chi connectivity index (χ0v) is 14.1. The first-order chi connectivity index (χ1) is 11.6. The van der Waals surface area contributed by atoms with E-state index >= 15 is 0 Å². The third-order valence-corrected chi connectivity index (χ3v) is 4.52. The van der Waals surface area contributed by atoms with Crippen molar-refractivity contribution in [2.24, 2.45) is 0 Å². The van der Waals surface area contributed by atoms with Crippen LogP contribution in [-0.2, 0) is 9.47 Å². The van der Waals surface area contributed by atoms with E-state index in [0.29, 0.717) is 17.7 Å². The zero-order valence-electron chi connectivity index (χ0n) is 13.2. The van der Waals surface area contributed by atoms with Crippen LogP contribution < -0.4 is 0 Å². The van der Waals surface area contributed by atoms with Gasteiger partial charge in [-0.1, -0.05) is 12.1 Å². The quantitative estimate of drug-likeness (QED) is 0.673. The Balaban J connectivity index is 1.93. The molecule has 24 heavy (non-hydrogen) atoms. The van der Waals surface area contributed by atoms with Crippen LogP contribution in [0.2, 0.25) is 0 Å². The molecule has 6 heteroatoms. The molecule has 3 aromatic rings. The zero-order chi connectivity index (χ0) is 17.1. The molecule has 0 saturated heterocycles. The Kier molecular flexibility index (Phi) is 4.57. The molecule has 0 atom stereocenters. The van der Waals surface area contributed by atoms with Crippen molar-refractivity contribution in [1.82, 2.24) is 4.98 Å². The van der Waals surface area contributed by atoms with E-state index in [0.717, 1.165) is 20.8 Å². The molecular formula is C18H15NO4S. The van der Waals surface area contributed by atoms with Gasteiger partial charge in [0.2, 0.25) is 0 Å². The maximum Gasteiger partial charge on any atom is 0.338 e. The molecule has 0 fully saturated rings. The van der Waals surface area contributed by atoms with Gasteiger partial charge in [-0.15, -0.1) is 11.3 Å². The second-order valence-corrected chi connectivity index (χ2v) is 6.02. The molecular weight excluding hydrogens is 326 g/mol. The van der Waals surface area contributed by atoms with E-state index in [1.54, 1.807) is 31.2 Å². The average molecular weight is 341 g/mol. The predicted molar refractivity (Wildman–Crippen MR) is 92.4 cm³/mol. The number of aromatic nitrogens is 1. The number of esters is 2. The summed E-state index contributed by atoms with van der Waals surface area (Å²) in [7, 11) is 1.35. The van der Waals surface area contributed by atoms with Gasteiger partial charge in [0.1, 0.15) is 5.01 Å². The number of hydrogen-bond donors (Lipinski definition) is 0. The molecule has 0 bridgehead atoms. The molecule has 0 N–H and O–H groups in total. The smallest absolute Gasteiger partial charge is 0.338 e. The van der Waals surface area contributed by atoms with Crippen molar-refractivity contribution < 1.29 is 19.1 Å². The van der Waals surface area contributed by atoms with Crippen molar-refractivity contribution in [3.8, 4) is 10.6 Å². The normalized spacial score (nSPS) is 10.6. The number of thiazole rings is 1. The van der Waals surface area contributed by atoms with Gasteiger partial charge in [0.05, 0.1) is 35.1 Å². The third-order valence-electron chi connectivity index (χ3n) is 3.45. The molecule has 0 spiro atoms. The number of hydrogen-bond acceptors (Lipinski definition) is 6. The maximum atomic E-state index is 11.8. The molecule has 1 heterocycles. The highest BCUT2D eigenvalue weighted by atomic mass is 32.1. The van der Waals surface area contributed by atoms with E-state index < -0.39 is 0 Å². The molecule has 0 radical (unpaired) electrons. The van der Waals surface area contributed by atoms with E-state index in [-0.39, 0.29) is 11.9 Å². The number of carbonyl (C=O) groups is 2. The van der Waals surface area contributed by atoms with Crippen LogP contribution in [0.5, 0.6) is 0 Å². The summed E-state index contributed by atoms with van der Waals surface area (Å²) >= 11 is 1.48. The van der Waals surface area contributed by atoms with Crippen LogP contribution in [0, 0.1) is 0 Å². The van der Waals surface area contributed by atoms with E-state index in [9.17, 15) is 9.59 Å². The molecule has 0 aliphatic rings. The van der Waals surface area contributed by atoms with E-state index in [1.807, 2.05) is 18.2 Å². The first-order valence-corrected chi connectivity index (χ1v) is 8.20. The number of rotatable bonds is 4. The van der Waals surface area contributed by atoms with E-state index in [1.165, 1.54) is 18.4 Å². The first-order valence-electron chi connectivity index (χ1n) is 7.39. The second-order valence-electron chi connectivity index (χ2n) is 4.99. The number of nitrogens with zero attached hydrogens (tertiary/aromatic N) is 1. The summed E-state index contributed by atoms with van der Waals surface area (Å²) in [6, 6.07) is 12.4. The lowest BCUT2D eigenvalue weighted by atomic mass is 10.1. The lowest BCUT2D eigenvalue weighted by Gasteiger charge is -2.00. The topological polar surface area (TPSA) is 65.5 Å². The number of ether oxygens (including phenoxy) is 2. The molecule has 0 unspecified atom stereocenters. The van der Waals surface area contributed by atoms with Gasteiger partial charge in [0.15, 0.2) is 0 Å². The minimum Gasteiger partial charge on any atom is -0.465 e. The van der Waals surface area contributed by atoms with Crippen LogP contribution >= 0.6 is 11.3 Å². The molecule has 0 amide bonds. The molecule has 0 saturated carbocycles. The summed E-state index contributed by atoms with van der Waals surface area (Å²) < 4.78 is 10.6. The lowest BCUT2D eigenvalue weighted by Crippen LogP contribution is -2.03. The number of methoxy groups -OCH3 is 1. The fourth-order valence-corrected chi connectivity index (χ4v) is 3.27. The highest BCUT2D eigenvalue weighted by Crippen LogP contribution is 2.31. The molecule has 122 valence electrons. The van der Waals surface area contributed by atoms with Crippen molar-refractivity contribution in [1.29, 1.82) is 0 Å². The number of carbonyl (C=O) groups excluding carboxylic acids is 2. The van der Waals surface area contributed by atoms with Gasteiger partial charge in [-0.3, -0.25) is 0 Å². The Morgan fingerprint density at radius 1 is 1.04 bits per heavy atom. The highest BCUT2D eigenvalue weighted by Gasteiger charge is 2.12. The van der Waals surface area contributed by atoms with Crippen LogP contribution in [0.15, 0.2) is 42.5 Å². The minimum absolute atomic E-state index is 0.336. The predicted octanol–water partition coefficient (Wildman–Crippen LogP) is 3.93. The SMILES string of the molecule is CCOC(=O)c1ccc2nc(-c3ccc(C(=O)OC)cc3)sc2c1. The van der Waals surface area contributed by atoms with Gasteiger partial charge in [-0.25, -0.2) is 14.6 Å². The van der Waals surface area contributed by atoms with Crippen molar-refractivity contribution in [2.75, 3.05) is 13.7 Å². The van der Waals surface area contributed by atoms with Crippen molar-refractivity contribution in [3.63, 3.8) is 0 Å². The standard InChI is InChI=1S/C18H15NO4S/c1-3-23-18(21)13-8-9-14-15(10-13)24-16(19-14)11-4-6-12(7-5-11)17(20)22-2/h4-10H,3H2,1-2H3. The second kappa shape index (κ2) is 6.80. The monoisotopic (exact) mass is 341 g/mol. The fourth-order valence-electron chi connectivity index (χ4n) is 2.26. The molecule has 3 rings (SSSR count). The average Bonchev–Trinajstić information content (AvgIpc) is 3.04. The van der Waals surface area contributed by atoms with E-state index in [4.69, 9.17) is 4.74 Å². The van der Waals surface area contributed by atoms with Crippen LogP contribution in [0.1, 0.15) is 27.6 Å². The summed E-state index contributed by atoms with van der Waals surface area (Å²) in [5.41, 5.74) is 2.73. The van der Waals surface area contributed by atoms with Gasteiger partial charge in [-0.05, 0) is 37.3 Å². The lowest BCUT2D eigenvalue weighted by molar-refractivity contribution is 0.0525. The fraction of sp³-hybridized carbons (Fsp3) is 0.167. The summed E-state index contributed by atoms with van der Waals surface area (Å²) in [4.78, 5) is 27.9. The molecule has 5 nitrogen and oxygen atoms in total. The van der Waals surface area contributed by atoms with Gasteiger partial charge in [-0.2, -0.15) is 0 Å². The van der Waals surface area contributed by atoms with Crippen molar-refractivity contribution >= 4 is 33.5 Å². The number of benzene rings is 2. The molecule has 1 aromatic heterocycles. The van der Waals surface area contributed by atoms with Crippen LogP contribution in [0.4, 0.5) is 0 Å². The summed E-state index contributed by atoms with van der Waals surface area (Å²) in [6.45, 7) is 2.12. The van der Waals surface area contributed by atoms with Gasteiger partial charge < -0.3 is 9.47 Å². The third kappa shape index (κ3) is 3.14. The Labute approximate surface area is 142 Å². The van der Waals surface area contributed by atoms with Gasteiger partial charge in [0, 0.05) is 5.56 Å². The van der Waals surface area contributed by atoms with Gasteiger partial charge >= 0.3 is 11.9 Å². The maximum absolute atomic E-state index is 11.8. The van der Waals surface area contributed by atoms with Gasteiger partial charge in [0.25, 0.3) is 0 Å². The Hall–Kier alpha value is -2.73. The number of fused-ring (bicyclic) bond motifs is 1. The Morgan fingerprint density at radius 3 is 2.42 bits per heavy atom. The van der Waals surface area contributed by atoms with Crippen LogP contribution in [0.3, 0.4) is 0 Å². The van der Waals surface area contributed by atoms with Crippen molar-refractivity contribution in [2.45, 2.75) is 6.92 Å². The van der Waals surface area contributed by atoms with E-state index in [2.05, 4.69) is 9.72 Å². The Morgan fingerprint density at radius 2 is 1.75 bits per heavy atom. The summed E-state index contributed by atoms with van der Waals surface area (Å²) in [5.74, 6) is -0.707. The highest BCUT2D eigenvalue weighted by molar-refractivity contribution is 7.21. The van der Waals surface area contributed by atoms with Crippen molar-refractivity contribution in [3.05, 3.63) is 53.6 Å². The minimum atomic E-state index is -0.370.